The first-order chi connectivity index (χ1) is 11.9. The standard InChI is InChI=1S/C19H16Cl2N2O2/c1-11-3-5-14(20)10-17(11)25-18-9-13(4-6-16(18)21)8-15-7-12(2)19(24)23-22-15/h3-7,9-10H,8H2,1-2H3,(H,23,24). The van der Waals surface area contributed by atoms with Crippen LogP contribution in [0.5, 0.6) is 11.5 Å². The van der Waals surface area contributed by atoms with Gasteiger partial charge in [-0.3, -0.25) is 4.79 Å². The van der Waals surface area contributed by atoms with E-state index in [2.05, 4.69) is 10.2 Å². The van der Waals surface area contributed by atoms with Crippen molar-refractivity contribution < 1.29 is 4.74 Å². The van der Waals surface area contributed by atoms with Crippen molar-refractivity contribution in [2.45, 2.75) is 20.3 Å². The summed E-state index contributed by atoms with van der Waals surface area (Å²) in [6, 6.07) is 12.8. The lowest BCUT2D eigenvalue weighted by Crippen LogP contribution is -2.12. The third-order valence-electron chi connectivity index (χ3n) is 3.79. The molecule has 0 radical (unpaired) electrons. The van der Waals surface area contributed by atoms with Crippen molar-refractivity contribution in [3.8, 4) is 11.5 Å². The average Bonchev–Trinajstić information content (AvgIpc) is 2.57. The first-order valence-corrected chi connectivity index (χ1v) is 8.45. The number of benzene rings is 2. The van der Waals surface area contributed by atoms with E-state index in [-0.39, 0.29) is 5.56 Å². The molecule has 1 heterocycles. The number of aromatic nitrogens is 2. The summed E-state index contributed by atoms with van der Waals surface area (Å²) >= 11 is 12.3. The van der Waals surface area contributed by atoms with Crippen LogP contribution in [0.2, 0.25) is 10.0 Å². The van der Waals surface area contributed by atoms with Gasteiger partial charge in [0.2, 0.25) is 0 Å². The maximum atomic E-state index is 11.4. The fraction of sp³-hybridized carbons (Fsp3) is 0.158. The van der Waals surface area contributed by atoms with Gasteiger partial charge in [0, 0.05) is 17.0 Å². The molecule has 2 aromatic carbocycles. The lowest BCUT2D eigenvalue weighted by molar-refractivity contribution is 0.478. The van der Waals surface area contributed by atoms with Gasteiger partial charge in [0.25, 0.3) is 5.56 Å². The van der Waals surface area contributed by atoms with E-state index in [1.165, 1.54) is 0 Å². The van der Waals surface area contributed by atoms with Crippen LogP contribution < -0.4 is 10.3 Å². The zero-order chi connectivity index (χ0) is 18.0. The molecule has 0 saturated heterocycles. The number of halogens is 2. The first-order valence-electron chi connectivity index (χ1n) is 7.70. The summed E-state index contributed by atoms with van der Waals surface area (Å²) in [7, 11) is 0. The van der Waals surface area contributed by atoms with E-state index in [1.807, 2.05) is 31.2 Å². The van der Waals surface area contributed by atoms with Gasteiger partial charge in [-0.25, -0.2) is 5.10 Å². The number of aromatic amines is 1. The number of nitrogens with zero attached hydrogens (tertiary/aromatic N) is 1. The number of hydrogen-bond donors (Lipinski definition) is 1. The Hall–Kier alpha value is -2.30. The van der Waals surface area contributed by atoms with Crippen molar-refractivity contribution in [3.63, 3.8) is 0 Å². The van der Waals surface area contributed by atoms with Crippen molar-refractivity contribution in [3.05, 3.63) is 85.2 Å². The zero-order valence-electron chi connectivity index (χ0n) is 13.8. The molecular weight excluding hydrogens is 359 g/mol. The van der Waals surface area contributed by atoms with Gasteiger partial charge in [-0.15, -0.1) is 0 Å². The molecule has 0 saturated carbocycles. The number of rotatable bonds is 4. The van der Waals surface area contributed by atoms with Crippen LogP contribution >= 0.6 is 23.2 Å². The number of H-pyrrole nitrogens is 1. The van der Waals surface area contributed by atoms with Gasteiger partial charge in [0.15, 0.2) is 0 Å². The van der Waals surface area contributed by atoms with E-state index in [4.69, 9.17) is 27.9 Å². The predicted molar refractivity (Wildman–Crippen MR) is 100 cm³/mol. The largest absolute Gasteiger partial charge is 0.455 e. The minimum Gasteiger partial charge on any atom is -0.455 e. The number of ether oxygens (including phenoxy) is 1. The number of hydrogen-bond acceptors (Lipinski definition) is 3. The van der Waals surface area contributed by atoms with E-state index in [1.54, 1.807) is 25.1 Å². The molecule has 0 amide bonds. The maximum Gasteiger partial charge on any atom is 0.267 e. The molecule has 0 aliphatic rings. The molecule has 0 aliphatic heterocycles. The Morgan fingerprint density at radius 2 is 1.80 bits per heavy atom. The van der Waals surface area contributed by atoms with Crippen molar-refractivity contribution in [1.29, 1.82) is 0 Å². The Balaban J connectivity index is 1.88. The van der Waals surface area contributed by atoms with E-state index >= 15 is 0 Å². The molecule has 3 rings (SSSR count). The second kappa shape index (κ2) is 7.30. The highest BCUT2D eigenvalue weighted by Crippen LogP contribution is 2.33. The lowest BCUT2D eigenvalue weighted by atomic mass is 10.1. The molecule has 3 aromatic rings. The fourth-order valence-electron chi connectivity index (χ4n) is 2.40. The molecule has 1 aromatic heterocycles. The zero-order valence-corrected chi connectivity index (χ0v) is 15.3. The van der Waals surface area contributed by atoms with Crippen LogP contribution in [-0.2, 0) is 6.42 Å². The Kier molecular flexibility index (Phi) is 5.11. The molecule has 4 nitrogen and oxygen atoms in total. The first kappa shape index (κ1) is 17.5. The highest BCUT2D eigenvalue weighted by atomic mass is 35.5. The highest BCUT2D eigenvalue weighted by molar-refractivity contribution is 6.32. The van der Waals surface area contributed by atoms with Crippen LogP contribution in [0.3, 0.4) is 0 Å². The third-order valence-corrected chi connectivity index (χ3v) is 4.34. The Morgan fingerprint density at radius 3 is 2.56 bits per heavy atom. The van der Waals surface area contributed by atoms with Crippen LogP contribution in [0, 0.1) is 13.8 Å². The molecule has 0 aliphatic carbocycles. The average molecular weight is 375 g/mol. The van der Waals surface area contributed by atoms with Crippen molar-refractivity contribution in [1.82, 2.24) is 10.2 Å². The minimum atomic E-state index is -0.180. The van der Waals surface area contributed by atoms with Gasteiger partial charge in [-0.05, 0) is 55.3 Å². The van der Waals surface area contributed by atoms with E-state index in [0.717, 1.165) is 16.8 Å². The smallest absolute Gasteiger partial charge is 0.267 e. The minimum absolute atomic E-state index is 0.180. The highest BCUT2D eigenvalue weighted by Gasteiger charge is 2.09. The van der Waals surface area contributed by atoms with Crippen LogP contribution in [0.25, 0.3) is 0 Å². The van der Waals surface area contributed by atoms with E-state index in [0.29, 0.717) is 33.5 Å². The summed E-state index contributed by atoms with van der Waals surface area (Å²) in [5, 5.41) is 7.66. The normalized spacial score (nSPS) is 10.7. The quantitative estimate of drug-likeness (QED) is 0.692. The Morgan fingerprint density at radius 1 is 1.00 bits per heavy atom. The monoisotopic (exact) mass is 374 g/mol. The topological polar surface area (TPSA) is 55.0 Å². The Labute approximate surface area is 155 Å². The molecular formula is C19H16Cl2N2O2. The second-order valence-electron chi connectivity index (χ2n) is 5.82. The summed E-state index contributed by atoms with van der Waals surface area (Å²) in [6.45, 7) is 3.69. The van der Waals surface area contributed by atoms with Gasteiger partial charge >= 0.3 is 0 Å². The molecule has 0 bridgehead atoms. The molecule has 6 heteroatoms. The van der Waals surface area contributed by atoms with Gasteiger partial charge in [-0.2, -0.15) is 5.10 Å². The van der Waals surface area contributed by atoms with Crippen LogP contribution in [0.4, 0.5) is 0 Å². The van der Waals surface area contributed by atoms with E-state index in [9.17, 15) is 4.79 Å². The predicted octanol–water partition coefficient (Wildman–Crippen LogP) is 5.08. The Bertz CT molecular complexity index is 983. The van der Waals surface area contributed by atoms with Crippen molar-refractivity contribution in [2.24, 2.45) is 0 Å². The fourth-order valence-corrected chi connectivity index (χ4v) is 2.71. The molecule has 0 spiro atoms. The summed E-state index contributed by atoms with van der Waals surface area (Å²) in [4.78, 5) is 11.4. The van der Waals surface area contributed by atoms with Crippen LogP contribution in [0.15, 0.2) is 47.3 Å². The molecule has 128 valence electrons. The van der Waals surface area contributed by atoms with Crippen LogP contribution in [-0.4, -0.2) is 10.2 Å². The number of aryl methyl sites for hydroxylation is 2. The maximum absolute atomic E-state index is 11.4. The summed E-state index contributed by atoms with van der Waals surface area (Å²) in [5.74, 6) is 1.20. The summed E-state index contributed by atoms with van der Waals surface area (Å²) in [6.07, 6.45) is 0.555. The molecule has 0 atom stereocenters. The van der Waals surface area contributed by atoms with Gasteiger partial charge in [0.05, 0.1) is 10.7 Å². The summed E-state index contributed by atoms with van der Waals surface area (Å²) in [5.41, 5.74) is 3.15. The van der Waals surface area contributed by atoms with Gasteiger partial charge in [0.1, 0.15) is 11.5 Å². The van der Waals surface area contributed by atoms with Gasteiger partial charge < -0.3 is 4.74 Å². The second-order valence-corrected chi connectivity index (χ2v) is 6.67. The third kappa shape index (κ3) is 4.21. The summed E-state index contributed by atoms with van der Waals surface area (Å²) < 4.78 is 5.95. The molecule has 25 heavy (non-hydrogen) atoms. The van der Waals surface area contributed by atoms with Crippen molar-refractivity contribution in [2.75, 3.05) is 0 Å². The number of nitrogens with one attached hydrogen (secondary N) is 1. The molecule has 1 N–H and O–H groups in total. The van der Waals surface area contributed by atoms with Gasteiger partial charge in [-0.1, -0.05) is 35.3 Å². The molecule has 0 fully saturated rings. The lowest BCUT2D eigenvalue weighted by Gasteiger charge is -2.12. The SMILES string of the molecule is Cc1ccc(Cl)cc1Oc1cc(Cc2cc(C)c(=O)[nH]n2)ccc1Cl. The van der Waals surface area contributed by atoms with E-state index < -0.39 is 0 Å². The van der Waals surface area contributed by atoms with Crippen LogP contribution in [0.1, 0.15) is 22.4 Å². The van der Waals surface area contributed by atoms with Crippen molar-refractivity contribution >= 4 is 23.2 Å². The molecule has 0 unspecified atom stereocenters.